The predicted octanol–water partition coefficient (Wildman–Crippen LogP) is 1.93. The largest absolute Gasteiger partial charge is 0.485 e. The average Bonchev–Trinajstić information content (AvgIpc) is 2.50. The molecular weight excluding hydrogens is 308 g/mol. The van der Waals surface area contributed by atoms with Crippen LogP contribution in [0.15, 0.2) is 47.4 Å². The Morgan fingerprint density at radius 2 is 2.04 bits per heavy atom. The Labute approximate surface area is 139 Å². The molecule has 126 valence electrons. The number of hydrogen-bond acceptors (Lipinski definition) is 4. The van der Waals surface area contributed by atoms with E-state index in [1.807, 2.05) is 0 Å². The maximum Gasteiger partial charge on any atom is 0.251 e. The molecule has 0 bridgehead atoms. The van der Waals surface area contributed by atoms with E-state index < -0.39 is 17.7 Å². The summed E-state index contributed by atoms with van der Waals surface area (Å²) in [6.07, 6.45) is 0.713. The first-order valence-electron chi connectivity index (χ1n) is 7.75. The van der Waals surface area contributed by atoms with Crippen LogP contribution in [0.4, 0.5) is 5.69 Å². The molecule has 2 heterocycles. The van der Waals surface area contributed by atoms with Crippen molar-refractivity contribution in [3.8, 4) is 5.75 Å². The number of carbonyl (C=O) groups is 1. The lowest BCUT2D eigenvalue weighted by atomic mass is 9.86. The van der Waals surface area contributed by atoms with E-state index in [1.165, 1.54) is 17.6 Å². The standard InChI is InChI=1S/C18H20N2O4/c1-11(21)19-12-7-8-14-13(10-12)16(17(23)18(2,3)24-14)20-9-5-4-6-15(20)22/h4-10,16-17,23H,1-3H3,(H,19,21). The number of rotatable bonds is 2. The molecule has 2 atom stereocenters. The molecule has 2 N–H and O–H groups in total. The number of ether oxygens (including phenoxy) is 1. The number of aromatic nitrogens is 1. The maximum absolute atomic E-state index is 12.3. The van der Waals surface area contributed by atoms with Crippen molar-refractivity contribution in [3.05, 3.63) is 58.5 Å². The fraction of sp³-hybridized carbons (Fsp3) is 0.333. The summed E-state index contributed by atoms with van der Waals surface area (Å²) in [6.45, 7) is 4.99. The summed E-state index contributed by atoms with van der Waals surface area (Å²) in [6, 6.07) is 9.46. The highest BCUT2D eigenvalue weighted by molar-refractivity contribution is 5.88. The van der Waals surface area contributed by atoms with Crippen LogP contribution >= 0.6 is 0 Å². The van der Waals surface area contributed by atoms with E-state index in [-0.39, 0.29) is 11.5 Å². The first kappa shape index (κ1) is 16.3. The van der Waals surface area contributed by atoms with Gasteiger partial charge in [0.05, 0.1) is 6.04 Å². The molecule has 0 radical (unpaired) electrons. The van der Waals surface area contributed by atoms with Gasteiger partial charge in [0.15, 0.2) is 0 Å². The number of aliphatic hydroxyl groups excluding tert-OH is 1. The molecule has 0 fully saturated rings. The van der Waals surface area contributed by atoms with E-state index in [0.717, 1.165) is 0 Å². The summed E-state index contributed by atoms with van der Waals surface area (Å²) < 4.78 is 7.40. The van der Waals surface area contributed by atoms with Gasteiger partial charge in [0.25, 0.3) is 5.56 Å². The van der Waals surface area contributed by atoms with Gasteiger partial charge in [-0.05, 0) is 38.1 Å². The van der Waals surface area contributed by atoms with Gasteiger partial charge >= 0.3 is 0 Å². The second-order valence-corrected chi connectivity index (χ2v) is 6.48. The van der Waals surface area contributed by atoms with Crippen LogP contribution in [-0.2, 0) is 4.79 Å². The third-order valence-corrected chi connectivity index (χ3v) is 4.18. The average molecular weight is 328 g/mol. The van der Waals surface area contributed by atoms with E-state index in [2.05, 4.69) is 5.32 Å². The summed E-state index contributed by atoms with van der Waals surface area (Å²) >= 11 is 0. The number of aliphatic hydroxyl groups is 1. The summed E-state index contributed by atoms with van der Waals surface area (Å²) in [7, 11) is 0. The molecule has 1 aliphatic rings. The van der Waals surface area contributed by atoms with Gasteiger partial charge in [-0.15, -0.1) is 0 Å². The van der Waals surface area contributed by atoms with Crippen molar-refractivity contribution in [2.45, 2.75) is 38.5 Å². The van der Waals surface area contributed by atoms with Crippen molar-refractivity contribution >= 4 is 11.6 Å². The molecule has 0 saturated heterocycles. The van der Waals surface area contributed by atoms with Gasteiger partial charge in [-0.1, -0.05) is 6.07 Å². The summed E-state index contributed by atoms with van der Waals surface area (Å²) in [5, 5.41) is 13.5. The van der Waals surface area contributed by atoms with E-state index in [0.29, 0.717) is 17.0 Å². The topological polar surface area (TPSA) is 80.6 Å². The Morgan fingerprint density at radius 3 is 2.71 bits per heavy atom. The van der Waals surface area contributed by atoms with Crippen LogP contribution in [0.3, 0.4) is 0 Å². The Bertz CT molecular complexity index is 841. The number of hydrogen-bond donors (Lipinski definition) is 2. The minimum absolute atomic E-state index is 0.194. The van der Waals surface area contributed by atoms with Crippen LogP contribution in [0.5, 0.6) is 5.75 Å². The van der Waals surface area contributed by atoms with Gasteiger partial charge in [-0.3, -0.25) is 9.59 Å². The van der Waals surface area contributed by atoms with Crippen molar-refractivity contribution in [2.24, 2.45) is 0 Å². The van der Waals surface area contributed by atoms with Gasteiger partial charge in [0.2, 0.25) is 5.91 Å². The molecule has 1 aromatic carbocycles. The fourth-order valence-electron chi connectivity index (χ4n) is 3.02. The van der Waals surface area contributed by atoms with Gasteiger partial charge in [-0.25, -0.2) is 0 Å². The molecular formula is C18H20N2O4. The van der Waals surface area contributed by atoms with Crippen molar-refractivity contribution in [1.82, 2.24) is 4.57 Å². The van der Waals surface area contributed by atoms with Gasteiger partial charge < -0.3 is 19.7 Å². The third kappa shape index (κ3) is 2.80. The molecule has 0 aliphatic carbocycles. The lowest BCUT2D eigenvalue weighted by Crippen LogP contribution is -2.52. The number of pyridine rings is 1. The molecule has 1 aliphatic heterocycles. The zero-order chi connectivity index (χ0) is 17.5. The van der Waals surface area contributed by atoms with Crippen LogP contribution in [0, 0.1) is 0 Å². The van der Waals surface area contributed by atoms with E-state index in [4.69, 9.17) is 4.74 Å². The first-order valence-corrected chi connectivity index (χ1v) is 7.75. The molecule has 1 aromatic heterocycles. The minimum atomic E-state index is -0.933. The van der Waals surface area contributed by atoms with Crippen LogP contribution in [-0.4, -0.2) is 27.3 Å². The Morgan fingerprint density at radius 1 is 1.29 bits per heavy atom. The molecule has 24 heavy (non-hydrogen) atoms. The first-order chi connectivity index (χ1) is 11.3. The molecule has 6 heteroatoms. The van der Waals surface area contributed by atoms with Gasteiger partial charge in [-0.2, -0.15) is 0 Å². The summed E-state index contributed by atoms with van der Waals surface area (Å²) in [5.41, 5.74) is 0.171. The molecule has 3 rings (SSSR count). The molecule has 2 aromatic rings. The van der Waals surface area contributed by atoms with Crippen molar-refractivity contribution < 1.29 is 14.6 Å². The second kappa shape index (κ2) is 5.79. The lowest BCUT2D eigenvalue weighted by molar-refractivity contribution is -0.114. The van der Waals surface area contributed by atoms with Gasteiger partial charge in [0, 0.05) is 30.4 Å². The van der Waals surface area contributed by atoms with Crippen LogP contribution < -0.4 is 15.6 Å². The molecule has 1 amide bonds. The predicted molar refractivity (Wildman–Crippen MR) is 90.3 cm³/mol. The maximum atomic E-state index is 12.3. The summed E-state index contributed by atoms with van der Waals surface area (Å²) in [5.74, 6) is 0.390. The van der Waals surface area contributed by atoms with E-state index in [9.17, 15) is 14.7 Å². The van der Waals surface area contributed by atoms with Crippen LogP contribution in [0.2, 0.25) is 0 Å². The van der Waals surface area contributed by atoms with E-state index >= 15 is 0 Å². The fourth-order valence-corrected chi connectivity index (χ4v) is 3.02. The number of benzene rings is 1. The molecule has 6 nitrogen and oxygen atoms in total. The highest BCUT2D eigenvalue weighted by Gasteiger charge is 2.44. The highest BCUT2D eigenvalue weighted by atomic mass is 16.5. The lowest BCUT2D eigenvalue weighted by Gasteiger charge is -2.42. The quantitative estimate of drug-likeness (QED) is 0.883. The number of nitrogens with one attached hydrogen (secondary N) is 1. The van der Waals surface area contributed by atoms with E-state index in [1.54, 1.807) is 50.4 Å². The number of nitrogens with zero attached hydrogens (tertiary/aromatic N) is 1. The third-order valence-electron chi connectivity index (χ3n) is 4.18. The molecule has 2 unspecified atom stereocenters. The van der Waals surface area contributed by atoms with Crippen molar-refractivity contribution in [2.75, 3.05) is 5.32 Å². The van der Waals surface area contributed by atoms with Crippen molar-refractivity contribution in [3.63, 3.8) is 0 Å². The smallest absolute Gasteiger partial charge is 0.251 e. The minimum Gasteiger partial charge on any atom is -0.485 e. The normalized spacial score (nSPS) is 21.5. The summed E-state index contributed by atoms with van der Waals surface area (Å²) in [4.78, 5) is 23.6. The zero-order valence-corrected chi connectivity index (χ0v) is 13.8. The Hall–Kier alpha value is -2.60. The van der Waals surface area contributed by atoms with Crippen molar-refractivity contribution in [1.29, 1.82) is 0 Å². The highest BCUT2D eigenvalue weighted by Crippen LogP contribution is 2.42. The monoisotopic (exact) mass is 328 g/mol. The Balaban J connectivity index is 2.19. The zero-order valence-electron chi connectivity index (χ0n) is 13.8. The number of amides is 1. The molecule has 0 spiro atoms. The SMILES string of the molecule is CC(=O)Nc1ccc2c(c1)C(n1ccccc1=O)C(O)C(C)(C)O2. The Kier molecular flexibility index (Phi) is 3.93. The number of anilines is 1. The van der Waals surface area contributed by atoms with Crippen LogP contribution in [0.25, 0.3) is 0 Å². The second-order valence-electron chi connectivity index (χ2n) is 6.48. The van der Waals surface area contributed by atoms with Gasteiger partial charge in [0.1, 0.15) is 17.5 Å². The number of carbonyl (C=O) groups excluding carboxylic acids is 1. The molecule has 0 saturated carbocycles. The number of fused-ring (bicyclic) bond motifs is 1. The van der Waals surface area contributed by atoms with Crippen LogP contribution in [0.1, 0.15) is 32.4 Å².